The van der Waals surface area contributed by atoms with Crippen molar-refractivity contribution >= 4 is 0 Å². The van der Waals surface area contributed by atoms with E-state index in [4.69, 9.17) is 5.11 Å². The molecule has 5 heteroatoms. The van der Waals surface area contributed by atoms with Gasteiger partial charge in [-0.2, -0.15) is 0 Å². The van der Waals surface area contributed by atoms with Crippen LogP contribution in [0.15, 0.2) is 18.2 Å². The maximum atomic E-state index is 13.2. The molecule has 1 atom stereocenters. The van der Waals surface area contributed by atoms with Gasteiger partial charge in [0.2, 0.25) is 0 Å². The van der Waals surface area contributed by atoms with E-state index in [2.05, 4.69) is 9.80 Å². The highest BCUT2D eigenvalue weighted by atomic mass is 19.2. The Morgan fingerprint density at radius 2 is 1.84 bits per heavy atom. The minimum atomic E-state index is -0.802. The molecule has 1 aromatic rings. The zero-order chi connectivity index (χ0) is 13.8. The maximum Gasteiger partial charge on any atom is 0.159 e. The van der Waals surface area contributed by atoms with Crippen molar-refractivity contribution in [1.29, 1.82) is 0 Å². The highest BCUT2D eigenvalue weighted by molar-refractivity contribution is 5.21. The zero-order valence-electron chi connectivity index (χ0n) is 11.1. The summed E-state index contributed by atoms with van der Waals surface area (Å²) >= 11 is 0. The number of hydrogen-bond acceptors (Lipinski definition) is 3. The van der Waals surface area contributed by atoms with E-state index in [9.17, 15) is 8.78 Å². The van der Waals surface area contributed by atoms with Crippen molar-refractivity contribution in [3.8, 4) is 0 Å². The molecule has 1 fully saturated rings. The molecule has 0 spiro atoms. The minimum absolute atomic E-state index is 0.0753. The van der Waals surface area contributed by atoms with E-state index in [1.165, 1.54) is 12.1 Å². The fourth-order valence-electron chi connectivity index (χ4n) is 2.50. The van der Waals surface area contributed by atoms with Gasteiger partial charge >= 0.3 is 0 Å². The minimum Gasteiger partial charge on any atom is -0.395 e. The molecule has 2 rings (SSSR count). The summed E-state index contributed by atoms with van der Waals surface area (Å²) in [6.07, 6.45) is 0. The van der Waals surface area contributed by atoms with Crippen LogP contribution >= 0.6 is 0 Å². The zero-order valence-corrected chi connectivity index (χ0v) is 11.1. The van der Waals surface area contributed by atoms with Gasteiger partial charge in [-0.3, -0.25) is 9.80 Å². The van der Waals surface area contributed by atoms with Crippen LogP contribution in [0.3, 0.4) is 0 Å². The number of piperazine rings is 1. The molecule has 1 heterocycles. The molecule has 1 aliphatic rings. The molecule has 0 unspecified atom stereocenters. The Morgan fingerprint density at radius 3 is 2.42 bits per heavy atom. The van der Waals surface area contributed by atoms with Gasteiger partial charge in [0.1, 0.15) is 0 Å². The number of benzene rings is 1. The summed E-state index contributed by atoms with van der Waals surface area (Å²) in [7, 11) is 0. The fourth-order valence-corrected chi connectivity index (χ4v) is 2.50. The Morgan fingerprint density at radius 1 is 1.16 bits per heavy atom. The van der Waals surface area contributed by atoms with Gasteiger partial charge < -0.3 is 5.11 Å². The van der Waals surface area contributed by atoms with Crippen LogP contribution in [-0.4, -0.2) is 54.2 Å². The van der Waals surface area contributed by atoms with Crippen LogP contribution in [0.2, 0.25) is 0 Å². The summed E-state index contributed by atoms with van der Waals surface area (Å²) < 4.78 is 26.2. The number of nitrogens with zero attached hydrogens (tertiary/aromatic N) is 2. The molecule has 0 bridgehead atoms. The van der Waals surface area contributed by atoms with Crippen molar-refractivity contribution in [2.24, 2.45) is 0 Å². The second-order valence-corrected chi connectivity index (χ2v) is 4.95. The molecule has 0 saturated carbocycles. The Balaban J connectivity index is 1.97. The third-order valence-corrected chi connectivity index (χ3v) is 3.80. The lowest BCUT2D eigenvalue weighted by molar-refractivity contribution is 0.0887. The van der Waals surface area contributed by atoms with Crippen molar-refractivity contribution < 1.29 is 13.9 Å². The molecule has 1 N–H and O–H groups in total. The highest BCUT2D eigenvalue weighted by Gasteiger charge is 2.22. The van der Waals surface area contributed by atoms with Crippen LogP contribution in [0.1, 0.15) is 18.5 Å². The van der Waals surface area contributed by atoms with Crippen molar-refractivity contribution in [2.45, 2.75) is 13.0 Å². The Labute approximate surface area is 112 Å². The quantitative estimate of drug-likeness (QED) is 0.901. The van der Waals surface area contributed by atoms with Gasteiger partial charge in [0, 0.05) is 38.8 Å². The lowest BCUT2D eigenvalue weighted by atomic mass is 10.1. The number of aliphatic hydroxyl groups is 1. The van der Waals surface area contributed by atoms with E-state index in [-0.39, 0.29) is 12.6 Å². The molecule has 0 radical (unpaired) electrons. The predicted molar refractivity (Wildman–Crippen MR) is 69.9 cm³/mol. The summed E-state index contributed by atoms with van der Waals surface area (Å²) in [5.74, 6) is -1.59. The van der Waals surface area contributed by atoms with Gasteiger partial charge in [-0.25, -0.2) is 8.78 Å². The molecule has 1 saturated heterocycles. The topological polar surface area (TPSA) is 26.7 Å². The van der Waals surface area contributed by atoms with Crippen molar-refractivity contribution in [1.82, 2.24) is 9.80 Å². The first kappa shape index (κ1) is 14.4. The molecule has 106 valence electrons. The van der Waals surface area contributed by atoms with E-state index >= 15 is 0 Å². The maximum absolute atomic E-state index is 13.2. The molecular weight excluding hydrogens is 250 g/mol. The van der Waals surface area contributed by atoms with E-state index < -0.39 is 11.6 Å². The summed E-state index contributed by atoms with van der Waals surface area (Å²) in [5.41, 5.74) is 0.800. The van der Waals surface area contributed by atoms with Crippen molar-refractivity contribution in [2.75, 3.05) is 39.3 Å². The smallest absolute Gasteiger partial charge is 0.159 e. The second kappa shape index (κ2) is 6.41. The normalized spacial score (nSPS) is 19.6. The van der Waals surface area contributed by atoms with Gasteiger partial charge in [0.25, 0.3) is 0 Å². The Hall–Kier alpha value is -1.04. The summed E-state index contributed by atoms with van der Waals surface area (Å²) in [5, 5.41) is 8.90. The van der Waals surface area contributed by atoms with Crippen LogP contribution in [0.4, 0.5) is 8.78 Å². The third-order valence-electron chi connectivity index (χ3n) is 3.80. The van der Waals surface area contributed by atoms with Crippen LogP contribution in [0.5, 0.6) is 0 Å². The lowest BCUT2D eigenvalue weighted by Crippen LogP contribution is -2.47. The molecule has 3 nitrogen and oxygen atoms in total. The number of halogens is 2. The number of rotatable bonds is 4. The van der Waals surface area contributed by atoms with E-state index in [1.807, 2.05) is 6.92 Å². The number of hydrogen-bond donors (Lipinski definition) is 1. The molecule has 0 aromatic heterocycles. The van der Waals surface area contributed by atoms with Crippen LogP contribution in [-0.2, 0) is 0 Å². The number of aliphatic hydroxyl groups excluding tert-OH is 1. The summed E-state index contributed by atoms with van der Waals surface area (Å²) in [4.78, 5) is 4.45. The van der Waals surface area contributed by atoms with Gasteiger partial charge in [-0.1, -0.05) is 6.07 Å². The third kappa shape index (κ3) is 3.49. The first-order chi connectivity index (χ1) is 9.11. The molecule has 1 aromatic carbocycles. The standard InChI is InChI=1S/C14H20F2N2O/c1-11(12-2-3-13(15)14(16)10-12)18-6-4-17(5-7-18)8-9-19/h2-3,10-11,19H,4-9H2,1H3/t11-/m1/s1. The first-order valence-electron chi connectivity index (χ1n) is 6.64. The molecule has 0 amide bonds. The first-order valence-corrected chi connectivity index (χ1v) is 6.64. The second-order valence-electron chi connectivity index (χ2n) is 4.95. The molecular formula is C14H20F2N2O. The van der Waals surface area contributed by atoms with Crippen LogP contribution in [0, 0.1) is 11.6 Å². The van der Waals surface area contributed by atoms with E-state index in [0.29, 0.717) is 6.54 Å². The predicted octanol–water partition coefficient (Wildman–Crippen LogP) is 1.64. The number of β-amino-alcohol motifs (C(OH)–C–C–N with tert-alkyl or cyclic N) is 1. The van der Waals surface area contributed by atoms with Crippen molar-refractivity contribution in [3.05, 3.63) is 35.4 Å². The van der Waals surface area contributed by atoms with Gasteiger partial charge in [0.05, 0.1) is 6.61 Å². The SMILES string of the molecule is C[C@H](c1ccc(F)c(F)c1)N1CCN(CCO)CC1. The van der Waals surface area contributed by atoms with Gasteiger partial charge in [-0.15, -0.1) is 0 Å². The largest absolute Gasteiger partial charge is 0.395 e. The van der Waals surface area contributed by atoms with Crippen LogP contribution < -0.4 is 0 Å². The molecule has 1 aliphatic heterocycles. The van der Waals surface area contributed by atoms with E-state index in [1.54, 1.807) is 6.07 Å². The van der Waals surface area contributed by atoms with E-state index in [0.717, 1.165) is 31.7 Å². The average Bonchev–Trinajstić information content (AvgIpc) is 2.42. The summed E-state index contributed by atoms with van der Waals surface area (Å²) in [6.45, 7) is 6.43. The lowest BCUT2D eigenvalue weighted by Gasteiger charge is -2.38. The molecule has 0 aliphatic carbocycles. The van der Waals surface area contributed by atoms with Crippen molar-refractivity contribution in [3.63, 3.8) is 0 Å². The van der Waals surface area contributed by atoms with Gasteiger partial charge in [-0.05, 0) is 24.6 Å². The summed E-state index contributed by atoms with van der Waals surface area (Å²) in [6, 6.07) is 4.18. The Kier molecular flexibility index (Phi) is 4.85. The highest BCUT2D eigenvalue weighted by Crippen LogP contribution is 2.23. The van der Waals surface area contributed by atoms with Gasteiger partial charge in [0.15, 0.2) is 11.6 Å². The van der Waals surface area contributed by atoms with Crippen LogP contribution in [0.25, 0.3) is 0 Å². The molecule has 19 heavy (non-hydrogen) atoms. The Bertz CT molecular complexity index is 420. The average molecular weight is 270 g/mol. The fraction of sp³-hybridized carbons (Fsp3) is 0.571. The monoisotopic (exact) mass is 270 g/mol.